The number of amides is 1. The van der Waals surface area contributed by atoms with Crippen molar-refractivity contribution in [3.05, 3.63) is 30.1 Å². The number of nitrogens with zero attached hydrogens (tertiary/aromatic N) is 1. The van der Waals surface area contributed by atoms with Gasteiger partial charge in [-0.2, -0.15) is 0 Å². The molecule has 5 N–H and O–H groups in total. The first-order chi connectivity index (χ1) is 10.0. The van der Waals surface area contributed by atoms with Crippen LogP contribution in [0.1, 0.15) is 17.3 Å². The van der Waals surface area contributed by atoms with Crippen molar-refractivity contribution in [3.8, 4) is 0 Å². The summed E-state index contributed by atoms with van der Waals surface area (Å²) in [5, 5.41) is 27.2. The zero-order valence-electron chi connectivity index (χ0n) is 11.6. The van der Waals surface area contributed by atoms with Crippen LogP contribution in [0.2, 0.25) is 0 Å². The van der Waals surface area contributed by atoms with E-state index in [1.165, 1.54) is 6.20 Å². The lowest BCUT2D eigenvalue weighted by Crippen LogP contribution is -2.34. The second kappa shape index (κ2) is 8.65. The Morgan fingerprint density at radius 2 is 2.19 bits per heavy atom. The quantitative estimate of drug-likeness (QED) is 0.539. The van der Waals surface area contributed by atoms with Gasteiger partial charge in [-0.05, 0) is 19.1 Å². The van der Waals surface area contributed by atoms with E-state index in [0.29, 0.717) is 12.2 Å². The van der Waals surface area contributed by atoms with Crippen molar-refractivity contribution in [3.63, 3.8) is 0 Å². The zero-order valence-corrected chi connectivity index (χ0v) is 11.6. The summed E-state index contributed by atoms with van der Waals surface area (Å²) in [6.45, 7) is 1.84. The van der Waals surface area contributed by atoms with E-state index in [1.54, 1.807) is 25.3 Å². The fourth-order valence-corrected chi connectivity index (χ4v) is 1.68. The van der Waals surface area contributed by atoms with Gasteiger partial charge in [0.05, 0.1) is 12.2 Å². The topological polar surface area (TPSA) is 135 Å². The number of carbonyl (C=O) groups is 1. The van der Waals surface area contributed by atoms with E-state index in [0.717, 1.165) is 0 Å². The van der Waals surface area contributed by atoms with Crippen LogP contribution in [0.4, 0.5) is 0 Å². The molecule has 0 bridgehead atoms. The van der Waals surface area contributed by atoms with Crippen molar-refractivity contribution in [2.45, 2.75) is 31.5 Å². The van der Waals surface area contributed by atoms with Crippen LogP contribution >= 0.6 is 0 Å². The second-order valence-corrected chi connectivity index (χ2v) is 4.27. The highest BCUT2D eigenvalue weighted by molar-refractivity contribution is 5.92. The monoisotopic (exact) mass is 300 g/mol. The van der Waals surface area contributed by atoms with Gasteiger partial charge < -0.3 is 30.5 Å². The standard InChI is InChI=1S/C7H14O5.C6H6N2O/c1-2-11-7-6(10)5(9)4(3-8)12-7;7-6(9)5-2-1-3-8-4-5/h4-10H,2-3H2,1H3;1-4H,(H2,7,9)/t4-,5-,6-,7?;/m1./s1. The lowest BCUT2D eigenvalue weighted by molar-refractivity contribution is -0.166. The summed E-state index contributed by atoms with van der Waals surface area (Å²) in [5.74, 6) is -0.442. The Hall–Kier alpha value is -1.58. The van der Waals surface area contributed by atoms with Gasteiger partial charge in [-0.1, -0.05) is 0 Å². The van der Waals surface area contributed by atoms with Crippen LogP contribution in [-0.2, 0) is 9.47 Å². The van der Waals surface area contributed by atoms with E-state index >= 15 is 0 Å². The molecule has 0 saturated carbocycles. The molecular weight excluding hydrogens is 280 g/mol. The summed E-state index contributed by atoms with van der Waals surface area (Å²) >= 11 is 0. The van der Waals surface area contributed by atoms with Crippen molar-refractivity contribution >= 4 is 5.91 Å². The third kappa shape index (κ3) is 5.03. The minimum Gasteiger partial charge on any atom is -0.394 e. The number of aromatic nitrogens is 1. The highest BCUT2D eigenvalue weighted by Crippen LogP contribution is 2.21. The molecule has 1 aliphatic heterocycles. The van der Waals surface area contributed by atoms with Gasteiger partial charge in [0.1, 0.15) is 18.3 Å². The predicted molar refractivity (Wildman–Crippen MR) is 72.1 cm³/mol. The van der Waals surface area contributed by atoms with Gasteiger partial charge in [-0.3, -0.25) is 9.78 Å². The maximum absolute atomic E-state index is 10.4. The molecule has 1 aliphatic rings. The molecule has 1 fully saturated rings. The molecule has 0 radical (unpaired) electrons. The fourth-order valence-electron chi connectivity index (χ4n) is 1.68. The third-order valence-corrected chi connectivity index (χ3v) is 2.78. The average Bonchev–Trinajstić information content (AvgIpc) is 2.77. The summed E-state index contributed by atoms with van der Waals surface area (Å²) in [6, 6.07) is 3.29. The lowest BCUT2D eigenvalue weighted by atomic mass is 10.1. The number of ether oxygens (including phenoxy) is 2. The van der Waals surface area contributed by atoms with Crippen LogP contribution < -0.4 is 5.73 Å². The van der Waals surface area contributed by atoms with E-state index in [4.69, 9.17) is 20.3 Å². The van der Waals surface area contributed by atoms with Gasteiger partial charge in [-0.25, -0.2) is 0 Å². The summed E-state index contributed by atoms with van der Waals surface area (Å²) < 4.78 is 9.98. The molecular formula is C13H20N2O6. The van der Waals surface area contributed by atoms with Crippen LogP contribution in [0.3, 0.4) is 0 Å². The average molecular weight is 300 g/mol. The summed E-state index contributed by atoms with van der Waals surface area (Å²) in [6.07, 6.45) is -0.665. The number of rotatable bonds is 4. The Morgan fingerprint density at radius 1 is 1.48 bits per heavy atom. The summed E-state index contributed by atoms with van der Waals surface area (Å²) in [7, 11) is 0. The Labute approximate surface area is 122 Å². The molecule has 1 amide bonds. The first-order valence-corrected chi connectivity index (χ1v) is 6.45. The molecule has 1 aromatic rings. The SMILES string of the molecule is CCOC1O[C@H](CO)[C@@H](O)[C@H]1O.NC(=O)c1cccnc1. The van der Waals surface area contributed by atoms with Gasteiger partial charge in [0.2, 0.25) is 5.91 Å². The minimum atomic E-state index is -1.07. The van der Waals surface area contributed by atoms with Crippen molar-refractivity contribution in [2.24, 2.45) is 5.73 Å². The molecule has 8 heteroatoms. The number of aliphatic hydroxyl groups is 3. The van der Waals surface area contributed by atoms with Crippen LogP contribution in [0.5, 0.6) is 0 Å². The first-order valence-electron chi connectivity index (χ1n) is 6.45. The van der Waals surface area contributed by atoms with Crippen molar-refractivity contribution in [1.29, 1.82) is 0 Å². The number of hydrogen-bond acceptors (Lipinski definition) is 7. The van der Waals surface area contributed by atoms with Crippen LogP contribution in [-0.4, -0.2) is 64.0 Å². The third-order valence-electron chi connectivity index (χ3n) is 2.78. The van der Waals surface area contributed by atoms with Gasteiger partial charge in [0, 0.05) is 19.0 Å². The van der Waals surface area contributed by atoms with Crippen molar-refractivity contribution in [1.82, 2.24) is 4.98 Å². The van der Waals surface area contributed by atoms with Crippen LogP contribution in [0, 0.1) is 0 Å². The molecule has 2 heterocycles. The van der Waals surface area contributed by atoms with Crippen molar-refractivity contribution in [2.75, 3.05) is 13.2 Å². The van der Waals surface area contributed by atoms with E-state index in [2.05, 4.69) is 4.98 Å². The lowest BCUT2D eigenvalue weighted by Gasteiger charge is -2.13. The van der Waals surface area contributed by atoms with Gasteiger partial charge in [0.25, 0.3) is 0 Å². The molecule has 8 nitrogen and oxygen atoms in total. The highest BCUT2D eigenvalue weighted by atomic mass is 16.7. The van der Waals surface area contributed by atoms with E-state index in [-0.39, 0.29) is 6.61 Å². The number of aliphatic hydroxyl groups excluding tert-OH is 3. The predicted octanol–water partition coefficient (Wildman–Crippen LogP) is -1.36. The second-order valence-electron chi connectivity index (χ2n) is 4.27. The summed E-state index contributed by atoms with van der Waals surface area (Å²) in [4.78, 5) is 14.1. The Bertz CT molecular complexity index is 430. The molecule has 4 atom stereocenters. The Morgan fingerprint density at radius 3 is 2.57 bits per heavy atom. The molecule has 21 heavy (non-hydrogen) atoms. The molecule has 118 valence electrons. The normalized spacial score (nSPS) is 27.8. The Kier molecular flexibility index (Phi) is 7.20. The summed E-state index contributed by atoms with van der Waals surface area (Å²) in [5.41, 5.74) is 5.38. The van der Waals surface area contributed by atoms with E-state index < -0.39 is 30.5 Å². The van der Waals surface area contributed by atoms with E-state index in [9.17, 15) is 15.0 Å². The van der Waals surface area contributed by atoms with E-state index in [1.807, 2.05) is 0 Å². The van der Waals surface area contributed by atoms with Gasteiger partial charge in [0.15, 0.2) is 6.29 Å². The molecule has 0 spiro atoms. The zero-order chi connectivity index (χ0) is 15.8. The van der Waals surface area contributed by atoms with Gasteiger partial charge in [-0.15, -0.1) is 0 Å². The fraction of sp³-hybridized carbons (Fsp3) is 0.538. The number of carbonyl (C=O) groups excluding carboxylic acids is 1. The van der Waals surface area contributed by atoms with Crippen LogP contribution in [0.25, 0.3) is 0 Å². The molecule has 2 rings (SSSR count). The largest absolute Gasteiger partial charge is 0.394 e. The van der Waals surface area contributed by atoms with Crippen LogP contribution in [0.15, 0.2) is 24.5 Å². The maximum atomic E-state index is 10.4. The molecule has 0 aromatic carbocycles. The van der Waals surface area contributed by atoms with Gasteiger partial charge >= 0.3 is 0 Å². The number of nitrogens with two attached hydrogens (primary N) is 1. The molecule has 1 aromatic heterocycles. The molecule has 0 aliphatic carbocycles. The number of primary amides is 1. The first kappa shape index (κ1) is 17.5. The molecule has 1 saturated heterocycles. The number of hydrogen-bond donors (Lipinski definition) is 4. The highest BCUT2D eigenvalue weighted by Gasteiger charge is 2.42. The smallest absolute Gasteiger partial charge is 0.250 e. The maximum Gasteiger partial charge on any atom is 0.250 e. The minimum absolute atomic E-state index is 0.318. The molecule has 1 unspecified atom stereocenters. The number of pyridine rings is 1. The van der Waals surface area contributed by atoms with Crippen molar-refractivity contribution < 1.29 is 29.6 Å². The Balaban J connectivity index is 0.000000219.